The van der Waals surface area contributed by atoms with Gasteiger partial charge in [-0.3, -0.25) is 0 Å². The number of thiophene rings is 1. The van der Waals surface area contributed by atoms with E-state index in [9.17, 15) is 13.2 Å². The number of hydrogen-bond donors (Lipinski definition) is 2. The van der Waals surface area contributed by atoms with Crippen molar-refractivity contribution in [3.63, 3.8) is 0 Å². The van der Waals surface area contributed by atoms with Crippen LogP contribution >= 0.6 is 27.3 Å². The van der Waals surface area contributed by atoms with E-state index in [4.69, 9.17) is 9.52 Å². The summed E-state index contributed by atoms with van der Waals surface area (Å²) in [7, 11) is -3.82. The number of rotatable bonds is 6. The highest BCUT2D eigenvalue weighted by Crippen LogP contribution is 2.22. The molecule has 0 amide bonds. The van der Waals surface area contributed by atoms with Crippen LogP contribution in [0.3, 0.4) is 0 Å². The highest BCUT2D eigenvalue weighted by Gasteiger charge is 2.20. The van der Waals surface area contributed by atoms with Crippen molar-refractivity contribution in [2.24, 2.45) is 0 Å². The minimum atomic E-state index is -3.82. The molecule has 0 aromatic carbocycles. The van der Waals surface area contributed by atoms with Crippen LogP contribution in [0, 0.1) is 0 Å². The van der Waals surface area contributed by atoms with Gasteiger partial charge < -0.3 is 9.52 Å². The van der Waals surface area contributed by atoms with Crippen molar-refractivity contribution < 1.29 is 22.7 Å². The van der Waals surface area contributed by atoms with Gasteiger partial charge in [-0.05, 0) is 46.6 Å². The molecule has 2 heterocycles. The molecule has 0 saturated carbocycles. The summed E-state index contributed by atoms with van der Waals surface area (Å²) in [6, 6.07) is 6.01. The normalized spacial score (nSPS) is 11.7. The number of sulfonamides is 1. The smallest absolute Gasteiger partial charge is 0.371 e. The van der Waals surface area contributed by atoms with E-state index in [-0.39, 0.29) is 6.54 Å². The molecule has 0 aliphatic heterocycles. The third-order valence-electron chi connectivity index (χ3n) is 2.35. The van der Waals surface area contributed by atoms with Crippen molar-refractivity contribution in [3.05, 3.63) is 38.7 Å². The van der Waals surface area contributed by atoms with Crippen molar-refractivity contribution >= 4 is 43.3 Å². The lowest BCUT2D eigenvalue weighted by atomic mass is 10.3. The van der Waals surface area contributed by atoms with E-state index in [0.29, 0.717) is 6.42 Å². The Hall–Kier alpha value is -1.16. The first-order valence-corrected chi connectivity index (χ1v) is 8.55. The van der Waals surface area contributed by atoms with Crippen molar-refractivity contribution in [1.29, 1.82) is 0 Å². The number of furan rings is 1. The zero-order chi connectivity index (χ0) is 14.8. The molecular weight excluding hydrogens is 370 g/mol. The number of carboxylic acid groups (broad SMARTS) is 1. The zero-order valence-electron chi connectivity index (χ0n) is 10.00. The monoisotopic (exact) mass is 379 g/mol. The minimum absolute atomic E-state index is 0.207. The Morgan fingerprint density at radius 2 is 2.10 bits per heavy atom. The summed E-state index contributed by atoms with van der Waals surface area (Å²) >= 11 is 4.85. The van der Waals surface area contributed by atoms with Crippen LogP contribution in [0.4, 0.5) is 0 Å². The Labute approximate surface area is 127 Å². The molecule has 20 heavy (non-hydrogen) atoms. The van der Waals surface area contributed by atoms with E-state index in [1.54, 1.807) is 0 Å². The molecular formula is C11H10BrNO5S2. The molecule has 2 rings (SSSR count). The first-order valence-electron chi connectivity index (χ1n) is 5.45. The Kier molecular flexibility index (Phi) is 4.63. The highest BCUT2D eigenvalue weighted by molar-refractivity contribution is 9.11. The van der Waals surface area contributed by atoms with E-state index in [1.165, 1.54) is 11.3 Å². The van der Waals surface area contributed by atoms with E-state index in [0.717, 1.165) is 20.8 Å². The first kappa shape index (κ1) is 15.2. The van der Waals surface area contributed by atoms with Gasteiger partial charge in [-0.2, -0.15) is 0 Å². The summed E-state index contributed by atoms with van der Waals surface area (Å²) in [5.74, 6) is -1.72. The average molecular weight is 380 g/mol. The van der Waals surface area contributed by atoms with E-state index >= 15 is 0 Å². The summed E-state index contributed by atoms with van der Waals surface area (Å²) in [5.41, 5.74) is 0. The fraction of sp³-hybridized carbons (Fsp3) is 0.182. The van der Waals surface area contributed by atoms with Crippen LogP contribution < -0.4 is 4.72 Å². The molecule has 0 unspecified atom stereocenters. The maximum absolute atomic E-state index is 11.9. The fourth-order valence-corrected chi connectivity index (χ4v) is 3.89. The number of nitrogens with one attached hydrogen (secondary N) is 1. The number of carboxylic acids is 1. The second kappa shape index (κ2) is 6.08. The Morgan fingerprint density at radius 3 is 2.65 bits per heavy atom. The van der Waals surface area contributed by atoms with Crippen LogP contribution in [-0.2, 0) is 16.4 Å². The molecule has 0 spiro atoms. The van der Waals surface area contributed by atoms with Gasteiger partial charge in [-0.1, -0.05) is 0 Å². The molecule has 0 fully saturated rings. The lowest BCUT2D eigenvalue weighted by Gasteiger charge is -2.02. The van der Waals surface area contributed by atoms with Crippen molar-refractivity contribution in [2.75, 3.05) is 6.54 Å². The van der Waals surface area contributed by atoms with Gasteiger partial charge in [-0.15, -0.1) is 11.3 Å². The molecule has 6 nitrogen and oxygen atoms in total. The van der Waals surface area contributed by atoms with Crippen LogP contribution in [0.1, 0.15) is 15.4 Å². The quantitative estimate of drug-likeness (QED) is 0.802. The molecule has 9 heteroatoms. The summed E-state index contributed by atoms with van der Waals surface area (Å²) in [4.78, 5) is 11.7. The Bertz CT molecular complexity index is 719. The molecule has 108 valence electrons. The molecule has 2 aromatic rings. The number of aromatic carboxylic acids is 1. The lowest BCUT2D eigenvalue weighted by molar-refractivity contribution is 0.0656. The summed E-state index contributed by atoms with van der Waals surface area (Å²) in [6.07, 6.45) is 0.544. The van der Waals surface area contributed by atoms with E-state index < -0.39 is 26.8 Å². The number of halogens is 1. The van der Waals surface area contributed by atoms with Gasteiger partial charge in [0.25, 0.3) is 10.0 Å². The van der Waals surface area contributed by atoms with Gasteiger partial charge >= 0.3 is 5.97 Å². The predicted molar refractivity (Wildman–Crippen MR) is 76.6 cm³/mol. The fourth-order valence-electron chi connectivity index (χ4n) is 1.45. The van der Waals surface area contributed by atoms with Crippen LogP contribution in [-0.4, -0.2) is 26.0 Å². The second-order valence-corrected chi connectivity index (χ2v) is 8.02. The molecule has 2 aromatic heterocycles. The Balaban J connectivity index is 1.98. The Morgan fingerprint density at radius 1 is 1.35 bits per heavy atom. The summed E-state index contributed by atoms with van der Waals surface area (Å²) in [5, 5.41) is 8.28. The topological polar surface area (TPSA) is 96.6 Å². The third kappa shape index (κ3) is 3.69. The third-order valence-corrected chi connectivity index (χ3v) is 5.37. The minimum Gasteiger partial charge on any atom is -0.475 e. The average Bonchev–Trinajstić information content (AvgIpc) is 2.98. The molecule has 0 bridgehead atoms. The van der Waals surface area contributed by atoms with Gasteiger partial charge in [0.2, 0.25) is 10.9 Å². The van der Waals surface area contributed by atoms with Gasteiger partial charge in [0, 0.05) is 11.4 Å². The van der Waals surface area contributed by atoms with E-state index in [2.05, 4.69) is 20.7 Å². The second-order valence-electron chi connectivity index (χ2n) is 3.78. The predicted octanol–water partition coefficient (Wildman–Crippen LogP) is 2.32. The number of carbonyl (C=O) groups is 1. The van der Waals surface area contributed by atoms with Crippen molar-refractivity contribution in [2.45, 2.75) is 11.5 Å². The first-order chi connectivity index (χ1) is 9.38. The van der Waals surface area contributed by atoms with Crippen LogP contribution in [0.15, 0.2) is 37.6 Å². The standard InChI is InChI=1S/C11H10BrNO5S2/c12-9-3-1-7(19-9)5-6-13-20(16,17)10-4-2-8(18-10)11(14)15/h1-4,13H,5-6H2,(H,14,15). The lowest BCUT2D eigenvalue weighted by Crippen LogP contribution is -2.25. The largest absolute Gasteiger partial charge is 0.475 e. The maximum atomic E-state index is 11.9. The van der Waals surface area contributed by atoms with Crippen LogP contribution in [0.2, 0.25) is 0 Å². The molecule has 0 aliphatic carbocycles. The zero-order valence-corrected chi connectivity index (χ0v) is 13.2. The van der Waals surface area contributed by atoms with Crippen molar-refractivity contribution in [3.8, 4) is 0 Å². The van der Waals surface area contributed by atoms with Gasteiger partial charge in [0.05, 0.1) is 3.79 Å². The maximum Gasteiger partial charge on any atom is 0.371 e. The molecule has 0 radical (unpaired) electrons. The van der Waals surface area contributed by atoms with E-state index in [1.807, 2.05) is 12.1 Å². The van der Waals surface area contributed by atoms with Crippen molar-refractivity contribution in [1.82, 2.24) is 4.72 Å². The summed E-state index contributed by atoms with van der Waals surface area (Å²) < 4.78 is 31.8. The van der Waals surface area contributed by atoms with Crippen LogP contribution in [0.25, 0.3) is 0 Å². The molecule has 2 N–H and O–H groups in total. The number of hydrogen-bond acceptors (Lipinski definition) is 5. The molecule has 0 atom stereocenters. The van der Waals surface area contributed by atoms with Gasteiger partial charge in [0.1, 0.15) is 0 Å². The molecule has 0 saturated heterocycles. The summed E-state index contributed by atoms with van der Waals surface area (Å²) in [6.45, 7) is 0.207. The van der Waals surface area contributed by atoms with Gasteiger partial charge in [-0.25, -0.2) is 17.9 Å². The molecule has 0 aliphatic rings. The highest BCUT2D eigenvalue weighted by atomic mass is 79.9. The van der Waals surface area contributed by atoms with Crippen LogP contribution in [0.5, 0.6) is 0 Å². The SMILES string of the molecule is O=C(O)c1ccc(S(=O)(=O)NCCc2ccc(Br)s2)o1. The van der Waals surface area contributed by atoms with Gasteiger partial charge in [0.15, 0.2) is 0 Å².